The molecule has 27 heavy (non-hydrogen) atoms. The molecule has 142 valence electrons. The van der Waals surface area contributed by atoms with Crippen molar-refractivity contribution in [3.63, 3.8) is 0 Å². The molecule has 1 heterocycles. The Labute approximate surface area is 163 Å². The van der Waals surface area contributed by atoms with E-state index in [0.717, 1.165) is 16.3 Å². The van der Waals surface area contributed by atoms with Gasteiger partial charge in [-0.15, -0.1) is 11.8 Å². The molecule has 0 radical (unpaired) electrons. The first kappa shape index (κ1) is 19.3. The second-order valence-electron chi connectivity index (χ2n) is 6.72. The fourth-order valence-corrected chi connectivity index (χ4v) is 3.89. The number of anilines is 1. The van der Waals surface area contributed by atoms with Crippen molar-refractivity contribution in [3.05, 3.63) is 54.1 Å². The molecule has 1 atom stereocenters. The van der Waals surface area contributed by atoms with Gasteiger partial charge >= 0.3 is 0 Å². The number of nitrogens with one attached hydrogen (secondary N) is 2. The van der Waals surface area contributed by atoms with E-state index >= 15 is 0 Å². The number of hydrogen-bond acceptors (Lipinski definition) is 4. The lowest BCUT2D eigenvalue weighted by Gasteiger charge is -2.23. The Hall–Kier alpha value is -2.47. The van der Waals surface area contributed by atoms with Gasteiger partial charge in [-0.2, -0.15) is 0 Å². The van der Waals surface area contributed by atoms with Crippen LogP contribution in [0.1, 0.15) is 31.7 Å². The number of rotatable bonds is 7. The number of thioether (sulfide) groups is 1. The molecule has 1 unspecified atom stereocenters. The van der Waals surface area contributed by atoms with Crippen molar-refractivity contribution in [1.82, 2.24) is 5.32 Å². The Morgan fingerprint density at radius 1 is 1.19 bits per heavy atom. The Balaban J connectivity index is 1.40. The van der Waals surface area contributed by atoms with Crippen LogP contribution in [0.5, 0.6) is 5.75 Å². The summed E-state index contributed by atoms with van der Waals surface area (Å²) < 4.78 is 5.65. The molecule has 5 nitrogen and oxygen atoms in total. The molecule has 6 heteroatoms. The van der Waals surface area contributed by atoms with E-state index in [1.165, 1.54) is 17.3 Å². The highest BCUT2D eigenvalue weighted by Crippen LogP contribution is 2.36. The van der Waals surface area contributed by atoms with Gasteiger partial charge in [0.25, 0.3) is 0 Å². The molecule has 2 amide bonds. The van der Waals surface area contributed by atoms with Crippen LogP contribution in [0.2, 0.25) is 0 Å². The van der Waals surface area contributed by atoms with Gasteiger partial charge in [0.2, 0.25) is 11.8 Å². The predicted octanol–water partition coefficient (Wildman–Crippen LogP) is 3.81. The van der Waals surface area contributed by atoms with Crippen molar-refractivity contribution >= 4 is 29.3 Å². The summed E-state index contributed by atoms with van der Waals surface area (Å²) in [4.78, 5) is 25.3. The van der Waals surface area contributed by atoms with Crippen LogP contribution >= 0.6 is 11.8 Å². The summed E-state index contributed by atoms with van der Waals surface area (Å²) in [5.74, 6) is 0.990. The Morgan fingerprint density at radius 3 is 2.67 bits per heavy atom. The number of benzene rings is 2. The summed E-state index contributed by atoms with van der Waals surface area (Å²) in [7, 11) is 0. The first-order valence-electron chi connectivity index (χ1n) is 9.09. The lowest BCUT2D eigenvalue weighted by atomic mass is 10.0. The highest BCUT2D eigenvalue weighted by Gasteiger charge is 2.28. The smallest absolute Gasteiger partial charge is 0.238 e. The van der Waals surface area contributed by atoms with E-state index in [1.807, 2.05) is 36.4 Å². The lowest BCUT2D eigenvalue weighted by molar-refractivity contribution is -0.124. The summed E-state index contributed by atoms with van der Waals surface area (Å²) in [5.41, 5.74) is 2.07. The Morgan fingerprint density at radius 2 is 1.93 bits per heavy atom. The van der Waals surface area contributed by atoms with E-state index in [2.05, 4.69) is 36.6 Å². The first-order valence-corrected chi connectivity index (χ1v) is 9.97. The molecule has 0 bridgehead atoms. The standard InChI is InChI=1S/C21H24N2O3S/c1-14(2)15-7-9-16(10-8-15)26-12-11-22-20(24)13-19-21(25)23-17-5-3-4-6-18(17)27-19/h3-10,14,19H,11-13H2,1-2H3,(H,22,24)(H,23,25). The lowest BCUT2D eigenvalue weighted by Crippen LogP contribution is -2.36. The average molecular weight is 385 g/mol. The molecule has 0 spiro atoms. The maximum Gasteiger partial charge on any atom is 0.238 e. The van der Waals surface area contributed by atoms with E-state index in [1.54, 1.807) is 0 Å². The van der Waals surface area contributed by atoms with Crippen LogP contribution in [0.4, 0.5) is 5.69 Å². The summed E-state index contributed by atoms with van der Waals surface area (Å²) >= 11 is 1.43. The molecule has 1 aliphatic heterocycles. The maximum atomic E-state index is 12.1. The van der Waals surface area contributed by atoms with Crippen LogP contribution in [0.25, 0.3) is 0 Å². The predicted molar refractivity (Wildman–Crippen MR) is 108 cm³/mol. The minimum absolute atomic E-state index is 0.129. The molecule has 0 saturated heterocycles. The zero-order chi connectivity index (χ0) is 19.2. The van der Waals surface area contributed by atoms with E-state index in [4.69, 9.17) is 4.74 Å². The van der Waals surface area contributed by atoms with Gasteiger partial charge in [-0.05, 0) is 35.7 Å². The summed E-state index contributed by atoms with van der Waals surface area (Å²) in [6, 6.07) is 15.6. The molecule has 1 aliphatic rings. The molecule has 0 aromatic heterocycles. The third kappa shape index (κ3) is 5.26. The summed E-state index contributed by atoms with van der Waals surface area (Å²) in [6.45, 7) is 5.09. The molecule has 0 fully saturated rings. The molecule has 3 rings (SSSR count). The van der Waals surface area contributed by atoms with Crippen LogP contribution in [0.3, 0.4) is 0 Å². The van der Waals surface area contributed by atoms with Crippen LogP contribution < -0.4 is 15.4 Å². The number of amides is 2. The number of fused-ring (bicyclic) bond motifs is 1. The number of para-hydroxylation sites is 1. The molecule has 2 aromatic rings. The topological polar surface area (TPSA) is 67.4 Å². The fourth-order valence-electron chi connectivity index (χ4n) is 2.78. The molecular formula is C21H24N2O3S. The quantitative estimate of drug-likeness (QED) is 0.713. The highest BCUT2D eigenvalue weighted by atomic mass is 32.2. The van der Waals surface area contributed by atoms with Crippen LogP contribution in [-0.4, -0.2) is 30.2 Å². The van der Waals surface area contributed by atoms with Crippen molar-refractivity contribution in [1.29, 1.82) is 0 Å². The Bertz CT molecular complexity index is 805. The fraction of sp³-hybridized carbons (Fsp3) is 0.333. The average Bonchev–Trinajstić information content (AvgIpc) is 2.66. The zero-order valence-electron chi connectivity index (χ0n) is 15.5. The largest absolute Gasteiger partial charge is 0.492 e. The Kier molecular flexibility index (Phi) is 6.40. The number of carbonyl (C=O) groups excluding carboxylic acids is 2. The van der Waals surface area contributed by atoms with Gasteiger partial charge in [-0.25, -0.2) is 0 Å². The third-order valence-corrected chi connectivity index (χ3v) is 5.59. The van der Waals surface area contributed by atoms with E-state index in [9.17, 15) is 9.59 Å². The van der Waals surface area contributed by atoms with Crippen molar-refractivity contribution in [3.8, 4) is 5.75 Å². The number of ether oxygens (including phenoxy) is 1. The van der Waals surface area contributed by atoms with Crippen molar-refractivity contribution in [2.75, 3.05) is 18.5 Å². The molecular weight excluding hydrogens is 360 g/mol. The minimum Gasteiger partial charge on any atom is -0.492 e. The summed E-state index contributed by atoms with van der Waals surface area (Å²) in [5, 5.41) is 5.26. The second kappa shape index (κ2) is 8.95. The number of hydrogen-bond donors (Lipinski definition) is 2. The van der Waals surface area contributed by atoms with Gasteiger partial charge in [0.1, 0.15) is 12.4 Å². The van der Waals surface area contributed by atoms with Gasteiger partial charge in [0.15, 0.2) is 0 Å². The van der Waals surface area contributed by atoms with Crippen LogP contribution in [-0.2, 0) is 9.59 Å². The van der Waals surface area contributed by atoms with Crippen molar-refractivity contribution in [2.45, 2.75) is 36.3 Å². The van der Waals surface area contributed by atoms with E-state index in [0.29, 0.717) is 19.1 Å². The monoisotopic (exact) mass is 384 g/mol. The zero-order valence-corrected chi connectivity index (χ0v) is 16.3. The minimum atomic E-state index is -0.413. The molecule has 2 N–H and O–H groups in total. The van der Waals surface area contributed by atoms with Crippen molar-refractivity contribution < 1.29 is 14.3 Å². The van der Waals surface area contributed by atoms with E-state index in [-0.39, 0.29) is 18.2 Å². The molecule has 0 saturated carbocycles. The second-order valence-corrected chi connectivity index (χ2v) is 7.96. The van der Waals surface area contributed by atoms with Crippen LogP contribution in [0.15, 0.2) is 53.4 Å². The van der Waals surface area contributed by atoms with Gasteiger partial charge in [0.05, 0.1) is 17.5 Å². The highest BCUT2D eigenvalue weighted by molar-refractivity contribution is 8.01. The van der Waals surface area contributed by atoms with Gasteiger partial charge in [0, 0.05) is 11.3 Å². The van der Waals surface area contributed by atoms with Gasteiger partial charge < -0.3 is 15.4 Å². The molecule has 2 aromatic carbocycles. The van der Waals surface area contributed by atoms with Gasteiger partial charge in [-0.3, -0.25) is 9.59 Å². The van der Waals surface area contributed by atoms with Gasteiger partial charge in [-0.1, -0.05) is 38.1 Å². The van der Waals surface area contributed by atoms with E-state index < -0.39 is 5.25 Å². The van der Waals surface area contributed by atoms with Crippen molar-refractivity contribution in [2.24, 2.45) is 0 Å². The summed E-state index contributed by atoms with van der Waals surface area (Å²) in [6.07, 6.45) is 0.147. The maximum absolute atomic E-state index is 12.1. The SMILES string of the molecule is CC(C)c1ccc(OCCNC(=O)CC2Sc3ccccc3NC2=O)cc1. The number of carbonyl (C=O) groups is 2. The first-order chi connectivity index (χ1) is 13.0. The third-order valence-electron chi connectivity index (χ3n) is 4.32. The normalized spacial score (nSPS) is 15.8. The van der Waals surface area contributed by atoms with Crippen LogP contribution in [0, 0.1) is 0 Å². The molecule has 0 aliphatic carbocycles.